The predicted molar refractivity (Wildman–Crippen MR) is 125 cm³/mol. The second kappa shape index (κ2) is 7.48. The van der Waals surface area contributed by atoms with Crippen molar-refractivity contribution in [2.45, 2.75) is 19.4 Å². The Hall–Kier alpha value is -3.67. The van der Waals surface area contributed by atoms with Crippen LogP contribution in [0.15, 0.2) is 66.7 Å². The fourth-order valence-electron chi connectivity index (χ4n) is 5.16. The van der Waals surface area contributed by atoms with Crippen LogP contribution in [0.1, 0.15) is 23.2 Å². The quantitative estimate of drug-likeness (QED) is 0.487. The number of hydrogen-bond acceptors (Lipinski definition) is 3. The summed E-state index contributed by atoms with van der Waals surface area (Å²) in [6.07, 6.45) is 1.63. The Bertz CT molecular complexity index is 1350. The van der Waals surface area contributed by atoms with E-state index in [1.165, 1.54) is 0 Å². The fraction of sp³-hybridized carbons (Fsp3) is 0.269. The second-order valence-corrected chi connectivity index (χ2v) is 8.66. The third kappa shape index (κ3) is 2.98. The Morgan fingerprint density at radius 1 is 0.875 bits per heavy atom. The number of rotatable bonds is 2. The van der Waals surface area contributed by atoms with Crippen LogP contribution in [0, 0.1) is 5.92 Å². The van der Waals surface area contributed by atoms with Gasteiger partial charge in [-0.3, -0.25) is 14.5 Å². The maximum Gasteiger partial charge on any atom is 0.254 e. The number of amides is 2. The van der Waals surface area contributed by atoms with E-state index in [4.69, 9.17) is 4.98 Å². The Morgan fingerprint density at radius 2 is 1.69 bits per heavy atom. The van der Waals surface area contributed by atoms with Crippen LogP contribution in [0.2, 0.25) is 0 Å². The van der Waals surface area contributed by atoms with Crippen molar-refractivity contribution in [2.24, 2.45) is 5.92 Å². The van der Waals surface area contributed by atoms with Crippen LogP contribution < -0.4 is 4.90 Å². The molecular formula is C26H24N4O2. The number of carbonyl (C=O) groups excluding carboxylic acids is 2. The summed E-state index contributed by atoms with van der Waals surface area (Å²) in [4.78, 5) is 35.3. The first-order valence-corrected chi connectivity index (χ1v) is 11.2. The normalized spacial score (nSPS) is 18.3. The molecule has 2 aliphatic heterocycles. The van der Waals surface area contributed by atoms with E-state index in [2.05, 4.69) is 4.57 Å². The summed E-state index contributed by atoms with van der Waals surface area (Å²) in [6.45, 7) is 2.54. The molecule has 6 nitrogen and oxygen atoms in total. The van der Waals surface area contributed by atoms with Gasteiger partial charge in [0.2, 0.25) is 11.9 Å². The van der Waals surface area contributed by atoms with Crippen molar-refractivity contribution >= 4 is 39.6 Å². The number of nitrogens with zero attached hydrogens (tertiary/aromatic N) is 4. The standard InChI is InChI=1S/C26H24N4O2/c31-24(30-16-15-29-23-13-4-3-12-22(23)27-26(29)30)19-9-6-14-28(17-19)25(32)21-11-5-8-18-7-1-2-10-20(18)21/h1-5,7-8,10-13,19H,6,9,14-17H2/t19-/m0/s1. The van der Waals surface area contributed by atoms with Gasteiger partial charge in [0.15, 0.2) is 0 Å². The molecule has 0 N–H and O–H groups in total. The molecule has 160 valence electrons. The zero-order valence-corrected chi connectivity index (χ0v) is 17.8. The number of para-hydroxylation sites is 2. The van der Waals surface area contributed by atoms with E-state index >= 15 is 0 Å². The number of benzene rings is 3. The molecule has 3 aromatic carbocycles. The maximum atomic E-state index is 13.5. The van der Waals surface area contributed by atoms with Gasteiger partial charge in [-0.25, -0.2) is 4.98 Å². The van der Waals surface area contributed by atoms with Gasteiger partial charge in [-0.2, -0.15) is 0 Å². The van der Waals surface area contributed by atoms with Gasteiger partial charge in [0.1, 0.15) is 0 Å². The molecule has 1 aromatic heterocycles. The van der Waals surface area contributed by atoms with E-state index in [0.717, 1.165) is 47.1 Å². The van der Waals surface area contributed by atoms with E-state index < -0.39 is 0 Å². The number of imidazole rings is 1. The Kier molecular flexibility index (Phi) is 4.45. The first-order valence-electron chi connectivity index (χ1n) is 11.2. The number of hydrogen-bond donors (Lipinski definition) is 0. The minimum atomic E-state index is -0.200. The van der Waals surface area contributed by atoms with Crippen LogP contribution in [-0.2, 0) is 11.3 Å². The van der Waals surface area contributed by atoms with Crippen LogP contribution >= 0.6 is 0 Å². The number of fused-ring (bicyclic) bond motifs is 4. The van der Waals surface area contributed by atoms with E-state index in [1.54, 1.807) is 0 Å². The number of anilines is 1. The average Bonchev–Trinajstić information content (AvgIpc) is 3.42. The van der Waals surface area contributed by atoms with Crippen LogP contribution in [-0.4, -0.2) is 45.9 Å². The molecule has 0 radical (unpaired) electrons. The first kappa shape index (κ1) is 19.0. The molecule has 6 heteroatoms. The summed E-state index contributed by atoms with van der Waals surface area (Å²) >= 11 is 0. The van der Waals surface area contributed by atoms with Gasteiger partial charge in [0.05, 0.1) is 17.0 Å². The van der Waals surface area contributed by atoms with Crippen molar-refractivity contribution < 1.29 is 9.59 Å². The molecule has 2 amide bonds. The Labute approximate surface area is 186 Å². The van der Waals surface area contributed by atoms with Crippen molar-refractivity contribution in [3.05, 3.63) is 72.3 Å². The molecule has 2 aliphatic rings. The van der Waals surface area contributed by atoms with Crippen molar-refractivity contribution in [1.29, 1.82) is 0 Å². The highest BCUT2D eigenvalue weighted by molar-refractivity contribution is 6.07. The van der Waals surface area contributed by atoms with Crippen LogP contribution in [0.25, 0.3) is 21.8 Å². The summed E-state index contributed by atoms with van der Waals surface area (Å²) in [5.41, 5.74) is 2.68. The van der Waals surface area contributed by atoms with Gasteiger partial charge in [-0.05, 0) is 41.8 Å². The van der Waals surface area contributed by atoms with Gasteiger partial charge < -0.3 is 9.47 Å². The van der Waals surface area contributed by atoms with Gasteiger partial charge >= 0.3 is 0 Å². The molecule has 0 unspecified atom stereocenters. The second-order valence-electron chi connectivity index (χ2n) is 8.66. The largest absolute Gasteiger partial charge is 0.338 e. The molecule has 0 saturated carbocycles. The van der Waals surface area contributed by atoms with E-state index in [9.17, 15) is 9.59 Å². The molecule has 0 spiro atoms. The monoisotopic (exact) mass is 424 g/mol. The molecule has 1 atom stereocenters. The molecular weight excluding hydrogens is 400 g/mol. The summed E-state index contributed by atoms with van der Waals surface area (Å²) in [6, 6.07) is 21.8. The summed E-state index contributed by atoms with van der Waals surface area (Å²) in [7, 11) is 0. The fourth-order valence-corrected chi connectivity index (χ4v) is 5.16. The Morgan fingerprint density at radius 3 is 2.62 bits per heavy atom. The predicted octanol–water partition coefficient (Wildman–Crippen LogP) is 4.09. The molecule has 32 heavy (non-hydrogen) atoms. The molecule has 0 bridgehead atoms. The highest BCUT2D eigenvalue weighted by Gasteiger charge is 2.36. The van der Waals surface area contributed by atoms with E-state index in [-0.39, 0.29) is 17.7 Å². The van der Waals surface area contributed by atoms with Crippen molar-refractivity contribution in [3.8, 4) is 0 Å². The number of aromatic nitrogens is 2. The molecule has 1 fully saturated rings. The van der Waals surface area contributed by atoms with Crippen molar-refractivity contribution in [1.82, 2.24) is 14.5 Å². The number of carbonyl (C=O) groups is 2. The van der Waals surface area contributed by atoms with E-state index in [1.807, 2.05) is 76.5 Å². The van der Waals surface area contributed by atoms with Gasteiger partial charge in [0, 0.05) is 31.7 Å². The minimum Gasteiger partial charge on any atom is -0.338 e. The van der Waals surface area contributed by atoms with Crippen LogP contribution in [0.3, 0.4) is 0 Å². The van der Waals surface area contributed by atoms with Crippen molar-refractivity contribution in [2.75, 3.05) is 24.5 Å². The highest BCUT2D eigenvalue weighted by atomic mass is 16.2. The number of piperidine rings is 1. The van der Waals surface area contributed by atoms with Gasteiger partial charge in [-0.1, -0.05) is 48.5 Å². The lowest BCUT2D eigenvalue weighted by Crippen LogP contribution is -2.46. The van der Waals surface area contributed by atoms with Gasteiger partial charge in [0.25, 0.3) is 5.91 Å². The Balaban J connectivity index is 1.25. The molecule has 6 rings (SSSR count). The number of likely N-dealkylation sites (tertiary alicyclic amines) is 1. The molecule has 0 aliphatic carbocycles. The van der Waals surface area contributed by atoms with Gasteiger partial charge in [-0.15, -0.1) is 0 Å². The van der Waals surface area contributed by atoms with E-state index in [0.29, 0.717) is 25.2 Å². The summed E-state index contributed by atoms with van der Waals surface area (Å²) < 4.78 is 2.12. The van der Waals surface area contributed by atoms with Crippen LogP contribution in [0.5, 0.6) is 0 Å². The lowest BCUT2D eigenvalue weighted by Gasteiger charge is -2.33. The van der Waals surface area contributed by atoms with Crippen molar-refractivity contribution in [3.63, 3.8) is 0 Å². The first-order chi connectivity index (χ1) is 15.7. The zero-order chi connectivity index (χ0) is 21.7. The summed E-state index contributed by atoms with van der Waals surface area (Å²) in [5, 5.41) is 2.01. The molecule has 3 heterocycles. The lowest BCUT2D eigenvalue weighted by molar-refractivity contribution is -0.123. The SMILES string of the molecule is O=C(c1cccc2ccccc12)N1CCC[C@H](C(=O)N2CCn3c2nc2ccccc23)C1. The minimum absolute atomic E-state index is 0.00737. The summed E-state index contributed by atoms with van der Waals surface area (Å²) in [5.74, 6) is 0.616. The lowest BCUT2D eigenvalue weighted by atomic mass is 9.95. The topological polar surface area (TPSA) is 58.4 Å². The maximum absolute atomic E-state index is 13.5. The third-order valence-electron chi connectivity index (χ3n) is 6.77. The van der Waals surface area contributed by atoms with Crippen LogP contribution in [0.4, 0.5) is 5.95 Å². The smallest absolute Gasteiger partial charge is 0.254 e. The average molecular weight is 425 g/mol. The molecule has 4 aromatic rings. The third-order valence-corrected chi connectivity index (χ3v) is 6.77. The molecule has 1 saturated heterocycles. The zero-order valence-electron chi connectivity index (χ0n) is 17.8. The highest BCUT2D eigenvalue weighted by Crippen LogP contribution is 2.30.